The third-order valence-corrected chi connectivity index (χ3v) is 1.35. The van der Waals surface area contributed by atoms with E-state index in [0.717, 1.165) is 0 Å². The quantitative estimate of drug-likeness (QED) is 0.405. The average molecular weight is 159 g/mol. The maximum absolute atomic E-state index is 10.2. The zero-order valence-corrected chi connectivity index (χ0v) is 5.88. The van der Waals surface area contributed by atoms with Crippen molar-refractivity contribution in [2.75, 3.05) is 0 Å². The predicted octanol–water partition coefficient (Wildman–Crippen LogP) is 1.62. The number of hydrogen-bond donors (Lipinski definition) is 1. The predicted molar refractivity (Wildman–Crippen MR) is 38.1 cm³/mol. The zero-order valence-electron chi connectivity index (χ0n) is 4.98. The van der Waals surface area contributed by atoms with Crippen molar-refractivity contribution in [3.8, 4) is 0 Å². The first-order chi connectivity index (χ1) is 4.75. The van der Waals surface area contributed by atoms with Gasteiger partial charge in [-0.1, -0.05) is 0 Å². The van der Waals surface area contributed by atoms with Crippen LogP contribution in [0.15, 0.2) is 16.7 Å². The Kier molecular flexibility index (Phi) is 1.96. The highest BCUT2D eigenvalue weighted by molar-refractivity contribution is 7.79. The van der Waals surface area contributed by atoms with Crippen molar-refractivity contribution in [1.29, 1.82) is 0 Å². The Balaban J connectivity index is 3.01. The van der Waals surface area contributed by atoms with Crippen molar-refractivity contribution >= 4 is 18.3 Å². The molecule has 10 heavy (non-hydrogen) atoms. The first-order valence-electron chi connectivity index (χ1n) is 2.57. The first kappa shape index (κ1) is 7.14. The third-order valence-electron chi connectivity index (χ3n) is 1.06. The molecule has 1 rings (SSSR count). The molecule has 1 aromatic rings. The van der Waals surface area contributed by atoms with E-state index in [2.05, 4.69) is 12.6 Å². The first-order valence-corrected chi connectivity index (χ1v) is 3.20. The monoisotopic (exact) mass is 159 g/mol. The summed E-state index contributed by atoms with van der Waals surface area (Å²) in [5.41, 5.74) is -0.00463. The third kappa shape index (κ3) is 1.13. The fourth-order valence-electron chi connectivity index (χ4n) is 0.615. The van der Waals surface area contributed by atoms with Crippen LogP contribution in [-0.2, 0) is 5.75 Å². The minimum absolute atomic E-state index is 0.00463. The van der Waals surface area contributed by atoms with Gasteiger partial charge < -0.3 is 4.42 Å². The van der Waals surface area contributed by atoms with Gasteiger partial charge in [-0.25, -0.2) is 0 Å². The SMILES string of the molecule is O=[N+]([O-])c1ccoc1CS. The molecule has 0 N–H and O–H groups in total. The summed E-state index contributed by atoms with van der Waals surface area (Å²) in [5.74, 6) is 0.553. The maximum Gasteiger partial charge on any atom is 0.311 e. The second-order valence-corrected chi connectivity index (χ2v) is 1.96. The topological polar surface area (TPSA) is 56.3 Å². The van der Waals surface area contributed by atoms with Gasteiger partial charge in [0.15, 0.2) is 5.76 Å². The van der Waals surface area contributed by atoms with Crippen molar-refractivity contribution in [3.63, 3.8) is 0 Å². The fraction of sp³-hybridized carbons (Fsp3) is 0.200. The second-order valence-electron chi connectivity index (χ2n) is 1.64. The Morgan fingerprint density at radius 1 is 1.80 bits per heavy atom. The highest BCUT2D eigenvalue weighted by Crippen LogP contribution is 2.20. The van der Waals surface area contributed by atoms with E-state index in [1.807, 2.05) is 0 Å². The molecule has 0 aliphatic rings. The van der Waals surface area contributed by atoms with Gasteiger partial charge in [0.2, 0.25) is 0 Å². The van der Waals surface area contributed by atoms with Crippen LogP contribution in [0.3, 0.4) is 0 Å². The highest BCUT2D eigenvalue weighted by atomic mass is 32.1. The molecule has 0 aliphatic carbocycles. The molecule has 0 spiro atoms. The number of hydrogen-bond acceptors (Lipinski definition) is 4. The Bertz CT molecular complexity index is 245. The van der Waals surface area contributed by atoms with Gasteiger partial charge in [0.05, 0.1) is 23.0 Å². The van der Waals surface area contributed by atoms with E-state index in [1.165, 1.54) is 12.3 Å². The van der Waals surface area contributed by atoms with Crippen LogP contribution < -0.4 is 0 Å². The number of rotatable bonds is 2. The van der Waals surface area contributed by atoms with Crippen molar-refractivity contribution in [2.45, 2.75) is 5.75 Å². The Morgan fingerprint density at radius 3 is 2.90 bits per heavy atom. The van der Waals surface area contributed by atoms with E-state index in [0.29, 0.717) is 5.76 Å². The zero-order chi connectivity index (χ0) is 7.56. The lowest BCUT2D eigenvalue weighted by Gasteiger charge is -1.86. The molecule has 54 valence electrons. The van der Waals surface area contributed by atoms with E-state index in [-0.39, 0.29) is 11.4 Å². The van der Waals surface area contributed by atoms with E-state index in [4.69, 9.17) is 4.42 Å². The molecular formula is C5H5NO3S. The lowest BCUT2D eigenvalue weighted by Crippen LogP contribution is -1.88. The minimum atomic E-state index is -0.491. The van der Waals surface area contributed by atoms with Crippen LogP contribution in [-0.4, -0.2) is 4.92 Å². The number of nitro groups is 1. The van der Waals surface area contributed by atoms with E-state index in [1.54, 1.807) is 0 Å². The van der Waals surface area contributed by atoms with Crippen molar-refractivity contribution in [3.05, 3.63) is 28.2 Å². The molecule has 0 atom stereocenters. The molecule has 4 nitrogen and oxygen atoms in total. The van der Waals surface area contributed by atoms with Crippen molar-refractivity contribution in [1.82, 2.24) is 0 Å². The van der Waals surface area contributed by atoms with Gasteiger partial charge in [0.1, 0.15) is 0 Å². The maximum atomic E-state index is 10.2. The van der Waals surface area contributed by atoms with Crippen molar-refractivity contribution < 1.29 is 9.34 Å². The van der Waals surface area contributed by atoms with Crippen molar-refractivity contribution in [2.24, 2.45) is 0 Å². The molecule has 0 bridgehead atoms. The van der Waals surface area contributed by atoms with Crippen LogP contribution in [0, 0.1) is 10.1 Å². The molecule has 0 radical (unpaired) electrons. The summed E-state index contributed by atoms with van der Waals surface area (Å²) in [6.45, 7) is 0. The van der Waals surface area contributed by atoms with E-state index in [9.17, 15) is 10.1 Å². The van der Waals surface area contributed by atoms with Crippen LogP contribution in [0.5, 0.6) is 0 Å². The van der Waals surface area contributed by atoms with Crippen LogP contribution >= 0.6 is 12.6 Å². The lowest BCUT2D eigenvalue weighted by atomic mass is 10.4. The highest BCUT2D eigenvalue weighted by Gasteiger charge is 2.14. The Morgan fingerprint density at radius 2 is 2.50 bits per heavy atom. The van der Waals surface area contributed by atoms with Gasteiger partial charge >= 0.3 is 5.69 Å². The largest absolute Gasteiger partial charge is 0.461 e. The fourth-order valence-corrected chi connectivity index (χ4v) is 0.851. The van der Waals surface area contributed by atoms with E-state index >= 15 is 0 Å². The van der Waals surface area contributed by atoms with Gasteiger partial charge in [-0.2, -0.15) is 12.6 Å². The van der Waals surface area contributed by atoms with Gasteiger partial charge in [0, 0.05) is 0 Å². The van der Waals surface area contributed by atoms with Gasteiger partial charge in [0.25, 0.3) is 0 Å². The number of furan rings is 1. The molecule has 0 aromatic carbocycles. The Hall–Kier alpha value is -0.970. The molecular weight excluding hydrogens is 154 g/mol. The molecule has 0 saturated heterocycles. The summed E-state index contributed by atoms with van der Waals surface area (Å²) in [4.78, 5) is 9.66. The molecule has 0 saturated carbocycles. The van der Waals surface area contributed by atoms with Gasteiger partial charge in [-0.15, -0.1) is 0 Å². The van der Waals surface area contributed by atoms with Crippen LogP contribution in [0.25, 0.3) is 0 Å². The van der Waals surface area contributed by atoms with Crippen LogP contribution in [0.4, 0.5) is 5.69 Å². The summed E-state index contributed by atoms with van der Waals surface area (Å²) < 4.78 is 4.76. The summed E-state index contributed by atoms with van der Waals surface area (Å²) in [5, 5.41) is 10.2. The minimum Gasteiger partial charge on any atom is -0.461 e. The summed E-state index contributed by atoms with van der Waals surface area (Å²) in [6, 6.07) is 1.31. The standard InChI is InChI=1S/C5H5NO3S/c7-6(8)4-1-2-9-5(4)3-10/h1-2,10H,3H2. The van der Waals surface area contributed by atoms with Gasteiger partial charge in [-0.3, -0.25) is 10.1 Å². The van der Waals surface area contributed by atoms with Crippen LogP contribution in [0.2, 0.25) is 0 Å². The molecule has 0 unspecified atom stereocenters. The molecule has 5 heteroatoms. The lowest BCUT2D eigenvalue weighted by molar-refractivity contribution is -0.385. The van der Waals surface area contributed by atoms with Gasteiger partial charge in [-0.05, 0) is 0 Å². The summed E-state index contributed by atoms with van der Waals surface area (Å²) in [7, 11) is 0. The molecule has 1 aromatic heterocycles. The summed E-state index contributed by atoms with van der Waals surface area (Å²) in [6.07, 6.45) is 1.28. The molecule has 0 aliphatic heterocycles. The smallest absolute Gasteiger partial charge is 0.311 e. The molecule has 0 fully saturated rings. The second kappa shape index (κ2) is 2.74. The van der Waals surface area contributed by atoms with Crippen LogP contribution in [0.1, 0.15) is 5.76 Å². The molecule has 1 heterocycles. The normalized spacial score (nSPS) is 9.70. The average Bonchev–Trinajstić information content (AvgIpc) is 2.33. The Labute approximate surface area is 62.4 Å². The number of nitrogens with zero attached hydrogens (tertiary/aromatic N) is 1. The number of thiol groups is 1. The molecule has 0 amide bonds. The van der Waals surface area contributed by atoms with E-state index < -0.39 is 4.92 Å². The summed E-state index contributed by atoms with van der Waals surface area (Å²) >= 11 is 3.84.